The monoisotopic (exact) mass is 451 g/mol. The molecule has 1 amide bonds. The Morgan fingerprint density at radius 2 is 2.09 bits per heavy atom. The van der Waals surface area contributed by atoms with Crippen LogP contribution in [-0.2, 0) is 9.53 Å². The van der Waals surface area contributed by atoms with Gasteiger partial charge in [0.25, 0.3) is 5.91 Å². The van der Waals surface area contributed by atoms with Gasteiger partial charge in [0.2, 0.25) is 5.88 Å². The number of nitrogens with zero attached hydrogens (tertiary/aromatic N) is 5. The van der Waals surface area contributed by atoms with Gasteiger partial charge in [-0.3, -0.25) is 9.78 Å². The Kier molecular flexibility index (Phi) is 6.71. The Labute approximate surface area is 193 Å². The van der Waals surface area contributed by atoms with Crippen molar-refractivity contribution in [3.05, 3.63) is 42.2 Å². The highest BCUT2D eigenvalue weighted by atomic mass is 16.5. The minimum atomic E-state index is -1.04. The van der Waals surface area contributed by atoms with Crippen LogP contribution >= 0.6 is 0 Å². The van der Waals surface area contributed by atoms with Crippen molar-refractivity contribution in [3.63, 3.8) is 0 Å². The number of aliphatic hydroxyl groups is 1. The fourth-order valence-electron chi connectivity index (χ4n) is 3.96. The summed E-state index contributed by atoms with van der Waals surface area (Å²) in [5.41, 5.74) is 5.22. The van der Waals surface area contributed by atoms with E-state index in [-0.39, 0.29) is 18.6 Å². The fourth-order valence-corrected chi connectivity index (χ4v) is 3.96. The minimum absolute atomic E-state index is 0.199. The SMILES string of the molecule is Cc1cc(-c2cc3nccnc3c(OC[C@@H]3CN(C(=O)[C@H](C)O)CCO3)n2)ccc1N(C)C. The van der Waals surface area contributed by atoms with Gasteiger partial charge in [-0.05, 0) is 37.6 Å². The van der Waals surface area contributed by atoms with E-state index < -0.39 is 6.10 Å². The van der Waals surface area contributed by atoms with Crippen molar-refractivity contribution in [1.82, 2.24) is 19.9 Å². The minimum Gasteiger partial charge on any atom is -0.473 e. The van der Waals surface area contributed by atoms with E-state index in [1.54, 1.807) is 17.3 Å². The molecule has 1 saturated heterocycles. The molecule has 0 spiro atoms. The van der Waals surface area contributed by atoms with Gasteiger partial charge in [0.15, 0.2) is 5.52 Å². The lowest BCUT2D eigenvalue weighted by molar-refractivity contribution is -0.147. The molecule has 2 atom stereocenters. The molecule has 3 aromatic rings. The van der Waals surface area contributed by atoms with Crippen molar-refractivity contribution in [1.29, 1.82) is 0 Å². The Morgan fingerprint density at radius 1 is 1.30 bits per heavy atom. The molecule has 1 fully saturated rings. The molecule has 1 N–H and O–H groups in total. The zero-order valence-electron chi connectivity index (χ0n) is 19.4. The summed E-state index contributed by atoms with van der Waals surface area (Å²) in [6, 6.07) is 8.09. The maximum Gasteiger partial charge on any atom is 0.251 e. The summed E-state index contributed by atoms with van der Waals surface area (Å²) < 4.78 is 11.8. The number of carbonyl (C=O) groups excluding carboxylic acids is 1. The summed E-state index contributed by atoms with van der Waals surface area (Å²) in [4.78, 5) is 29.4. The first-order valence-electron chi connectivity index (χ1n) is 10.9. The maximum atomic E-state index is 12.1. The number of ether oxygens (including phenoxy) is 2. The summed E-state index contributed by atoms with van der Waals surface area (Å²) in [5.74, 6) is 0.0591. The van der Waals surface area contributed by atoms with Crippen molar-refractivity contribution in [3.8, 4) is 17.1 Å². The van der Waals surface area contributed by atoms with Gasteiger partial charge < -0.3 is 24.4 Å². The molecule has 2 aromatic heterocycles. The molecule has 0 unspecified atom stereocenters. The largest absolute Gasteiger partial charge is 0.473 e. The average molecular weight is 452 g/mol. The van der Waals surface area contributed by atoms with Crippen molar-refractivity contribution < 1.29 is 19.4 Å². The van der Waals surface area contributed by atoms with Crippen LogP contribution in [-0.4, -0.2) is 83.5 Å². The van der Waals surface area contributed by atoms with Crippen LogP contribution in [0.15, 0.2) is 36.7 Å². The summed E-state index contributed by atoms with van der Waals surface area (Å²) >= 11 is 0. The van der Waals surface area contributed by atoms with E-state index in [2.05, 4.69) is 33.9 Å². The number of aliphatic hydroxyl groups excluding tert-OH is 1. The van der Waals surface area contributed by atoms with Crippen LogP contribution in [0.4, 0.5) is 5.69 Å². The fraction of sp³-hybridized carbons (Fsp3) is 0.417. The third-order valence-corrected chi connectivity index (χ3v) is 5.61. The van der Waals surface area contributed by atoms with Gasteiger partial charge in [-0.1, -0.05) is 6.07 Å². The summed E-state index contributed by atoms with van der Waals surface area (Å²) in [6.45, 7) is 4.92. The number of aromatic nitrogens is 3. The molecule has 0 radical (unpaired) electrons. The normalized spacial score (nSPS) is 17.1. The second-order valence-electron chi connectivity index (χ2n) is 8.40. The van der Waals surface area contributed by atoms with E-state index in [0.717, 1.165) is 22.5 Å². The molecule has 174 valence electrons. The Balaban J connectivity index is 1.59. The first kappa shape index (κ1) is 22.9. The van der Waals surface area contributed by atoms with Crippen molar-refractivity contribution >= 4 is 22.6 Å². The van der Waals surface area contributed by atoms with Crippen LogP contribution in [0.5, 0.6) is 5.88 Å². The zero-order chi connectivity index (χ0) is 23.5. The third-order valence-electron chi connectivity index (χ3n) is 5.61. The second kappa shape index (κ2) is 9.68. The number of hydrogen-bond donors (Lipinski definition) is 1. The molecule has 0 aliphatic carbocycles. The topological polar surface area (TPSA) is 101 Å². The molecule has 9 heteroatoms. The number of fused-ring (bicyclic) bond motifs is 1. The first-order chi connectivity index (χ1) is 15.8. The molecule has 3 heterocycles. The van der Waals surface area contributed by atoms with Crippen LogP contribution < -0.4 is 9.64 Å². The van der Waals surface area contributed by atoms with Gasteiger partial charge in [-0.15, -0.1) is 0 Å². The standard InChI is InChI=1S/C24H29N5O4/c1-15-11-17(5-6-21(15)28(3)4)19-12-20-22(26-8-7-25-20)23(27-19)33-14-18-13-29(9-10-32-18)24(31)16(2)30/h5-8,11-12,16,18,30H,9-10,13-14H2,1-4H3/t16-,18-/m0/s1. The number of hydrogen-bond acceptors (Lipinski definition) is 8. The van der Waals surface area contributed by atoms with E-state index in [1.807, 2.05) is 26.2 Å². The van der Waals surface area contributed by atoms with Gasteiger partial charge in [-0.2, -0.15) is 0 Å². The van der Waals surface area contributed by atoms with Gasteiger partial charge in [-0.25, -0.2) is 9.97 Å². The Hall–Kier alpha value is -3.30. The van der Waals surface area contributed by atoms with E-state index in [9.17, 15) is 9.90 Å². The lowest BCUT2D eigenvalue weighted by Crippen LogP contribution is -2.50. The molecule has 0 bridgehead atoms. The molecule has 1 aliphatic heterocycles. The molecule has 1 aliphatic rings. The maximum absolute atomic E-state index is 12.1. The van der Waals surface area contributed by atoms with E-state index in [4.69, 9.17) is 14.5 Å². The van der Waals surface area contributed by atoms with Gasteiger partial charge in [0.1, 0.15) is 18.8 Å². The van der Waals surface area contributed by atoms with Crippen LogP contribution in [0.3, 0.4) is 0 Å². The van der Waals surface area contributed by atoms with Crippen molar-refractivity contribution in [2.45, 2.75) is 26.1 Å². The molecule has 33 heavy (non-hydrogen) atoms. The molecule has 9 nitrogen and oxygen atoms in total. The van der Waals surface area contributed by atoms with Gasteiger partial charge in [0, 0.05) is 44.3 Å². The summed E-state index contributed by atoms with van der Waals surface area (Å²) in [6.07, 6.45) is 1.87. The quantitative estimate of drug-likeness (QED) is 0.608. The third kappa shape index (κ3) is 5.04. The van der Waals surface area contributed by atoms with Crippen molar-refractivity contribution in [2.75, 3.05) is 45.3 Å². The highest BCUT2D eigenvalue weighted by Gasteiger charge is 2.27. The molecular weight excluding hydrogens is 422 g/mol. The summed E-state index contributed by atoms with van der Waals surface area (Å²) in [7, 11) is 4.03. The predicted octanol–water partition coefficient (Wildman–Crippen LogP) is 2.05. The predicted molar refractivity (Wildman–Crippen MR) is 125 cm³/mol. The first-order valence-corrected chi connectivity index (χ1v) is 10.9. The Bertz CT molecular complexity index is 1150. The van der Waals surface area contributed by atoms with Crippen LogP contribution in [0, 0.1) is 6.92 Å². The number of aryl methyl sites for hydroxylation is 1. The van der Waals surface area contributed by atoms with Gasteiger partial charge in [0.05, 0.1) is 24.4 Å². The van der Waals surface area contributed by atoms with Crippen LogP contribution in [0.1, 0.15) is 12.5 Å². The van der Waals surface area contributed by atoms with Gasteiger partial charge >= 0.3 is 0 Å². The zero-order valence-corrected chi connectivity index (χ0v) is 19.4. The number of morpholine rings is 1. The molecule has 1 aromatic carbocycles. The lowest BCUT2D eigenvalue weighted by Gasteiger charge is -2.33. The average Bonchev–Trinajstić information content (AvgIpc) is 2.81. The van der Waals surface area contributed by atoms with Crippen LogP contribution in [0.2, 0.25) is 0 Å². The van der Waals surface area contributed by atoms with E-state index in [0.29, 0.717) is 36.6 Å². The smallest absolute Gasteiger partial charge is 0.251 e. The highest BCUT2D eigenvalue weighted by molar-refractivity contribution is 5.84. The lowest BCUT2D eigenvalue weighted by atomic mass is 10.1. The highest BCUT2D eigenvalue weighted by Crippen LogP contribution is 2.30. The van der Waals surface area contributed by atoms with Crippen LogP contribution in [0.25, 0.3) is 22.3 Å². The Morgan fingerprint density at radius 3 is 2.82 bits per heavy atom. The summed E-state index contributed by atoms with van der Waals surface area (Å²) in [5, 5.41) is 9.60. The second-order valence-corrected chi connectivity index (χ2v) is 8.40. The van der Waals surface area contributed by atoms with Crippen molar-refractivity contribution in [2.24, 2.45) is 0 Å². The number of rotatable bonds is 6. The molecular formula is C24H29N5O4. The number of benzene rings is 1. The number of anilines is 1. The molecule has 0 saturated carbocycles. The molecule has 4 rings (SSSR count). The number of carbonyl (C=O) groups is 1. The number of amides is 1. The van der Waals surface area contributed by atoms with E-state index in [1.165, 1.54) is 6.92 Å². The van der Waals surface area contributed by atoms with E-state index >= 15 is 0 Å². The number of pyridine rings is 1.